The molecule has 0 saturated heterocycles. The number of pyridine rings is 1. The van der Waals surface area contributed by atoms with Gasteiger partial charge in [-0.1, -0.05) is 25.7 Å². The molecule has 0 unspecified atom stereocenters. The van der Waals surface area contributed by atoms with Crippen molar-refractivity contribution in [1.82, 2.24) is 10.3 Å². The predicted octanol–water partition coefficient (Wildman–Crippen LogP) is 2.24. The highest BCUT2D eigenvalue weighted by Gasteiger charge is 2.18. The number of carbonyl (C=O) groups excluding carboxylic acids is 1. The summed E-state index contributed by atoms with van der Waals surface area (Å²) in [5.41, 5.74) is 0.122. The zero-order valence-electron chi connectivity index (χ0n) is 9.85. The average Bonchev–Trinajstić information content (AvgIpc) is 2.58. The van der Waals surface area contributed by atoms with Crippen LogP contribution in [0.3, 0.4) is 0 Å². The Morgan fingerprint density at radius 1 is 1.29 bits per heavy atom. The van der Waals surface area contributed by atoms with E-state index in [0.717, 1.165) is 12.8 Å². The number of rotatable bonds is 2. The van der Waals surface area contributed by atoms with Crippen LogP contribution in [0.4, 0.5) is 0 Å². The smallest absolute Gasteiger partial charge is 0.273 e. The molecule has 1 heterocycles. The molecule has 2 N–H and O–H groups in total. The van der Waals surface area contributed by atoms with Crippen molar-refractivity contribution in [2.24, 2.45) is 0 Å². The van der Waals surface area contributed by atoms with E-state index in [1.54, 1.807) is 6.07 Å². The molecule has 1 fully saturated rings. The summed E-state index contributed by atoms with van der Waals surface area (Å²) < 4.78 is 0. The quantitative estimate of drug-likeness (QED) is 0.771. The number of nitrogens with one attached hydrogen (secondary N) is 1. The molecule has 92 valence electrons. The second-order valence-electron chi connectivity index (χ2n) is 4.53. The molecule has 1 amide bonds. The number of hydrogen-bond acceptors (Lipinski definition) is 3. The molecule has 0 aliphatic heterocycles. The van der Waals surface area contributed by atoms with Crippen LogP contribution in [0.2, 0.25) is 0 Å². The van der Waals surface area contributed by atoms with Crippen molar-refractivity contribution >= 4 is 5.91 Å². The Kier molecular flexibility index (Phi) is 3.96. The van der Waals surface area contributed by atoms with Gasteiger partial charge in [0.2, 0.25) is 0 Å². The van der Waals surface area contributed by atoms with Gasteiger partial charge < -0.3 is 10.4 Å². The second kappa shape index (κ2) is 5.66. The summed E-state index contributed by atoms with van der Waals surface area (Å²) in [4.78, 5) is 15.8. The minimum Gasteiger partial charge on any atom is -0.505 e. The zero-order valence-corrected chi connectivity index (χ0v) is 9.85. The van der Waals surface area contributed by atoms with Crippen molar-refractivity contribution in [2.45, 2.75) is 44.6 Å². The first kappa shape index (κ1) is 11.9. The fourth-order valence-corrected chi connectivity index (χ4v) is 2.25. The van der Waals surface area contributed by atoms with Gasteiger partial charge in [0.05, 0.1) is 0 Å². The highest BCUT2D eigenvalue weighted by Crippen LogP contribution is 2.18. The first-order chi connectivity index (χ1) is 8.27. The summed E-state index contributed by atoms with van der Waals surface area (Å²) in [6.07, 6.45) is 8.40. The molecule has 1 aromatic heterocycles. The van der Waals surface area contributed by atoms with E-state index in [1.165, 1.54) is 37.9 Å². The van der Waals surface area contributed by atoms with Crippen LogP contribution in [0, 0.1) is 0 Å². The Morgan fingerprint density at radius 3 is 2.65 bits per heavy atom. The van der Waals surface area contributed by atoms with Crippen LogP contribution in [-0.4, -0.2) is 22.0 Å². The maximum Gasteiger partial charge on any atom is 0.273 e. The summed E-state index contributed by atoms with van der Waals surface area (Å²) in [5, 5.41) is 12.5. The Balaban J connectivity index is 1.98. The van der Waals surface area contributed by atoms with Crippen molar-refractivity contribution < 1.29 is 9.90 Å². The van der Waals surface area contributed by atoms with Gasteiger partial charge in [0.15, 0.2) is 5.69 Å². The minimum absolute atomic E-state index is 0.0568. The van der Waals surface area contributed by atoms with E-state index in [1.807, 2.05) is 0 Å². The lowest BCUT2D eigenvalue weighted by molar-refractivity contribution is 0.0925. The minimum atomic E-state index is -0.269. The zero-order chi connectivity index (χ0) is 12.1. The van der Waals surface area contributed by atoms with E-state index < -0.39 is 0 Å². The molecule has 0 aromatic carbocycles. The molecule has 0 bridgehead atoms. The van der Waals surface area contributed by atoms with Gasteiger partial charge in [-0.15, -0.1) is 0 Å². The van der Waals surface area contributed by atoms with Crippen molar-refractivity contribution in [3.05, 3.63) is 24.0 Å². The van der Waals surface area contributed by atoms with E-state index in [4.69, 9.17) is 0 Å². The van der Waals surface area contributed by atoms with Crippen molar-refractivity contribution in [1.29, 1.82) is 0 Å². The van der Waals surface area contributed by atoms with Gasteiger partial charge in [-0.2, -0.15) is 0 Å². The molecule has 17 heavy (non-hydrogen) atoms. The molecule has 0 radical (unpaired) electrons. The number of aromatic nitrogens is 1. The maximum atomic E-state index is 11.9. The van der Waals surface area contributed by atoms with Crippen LogP contribution >= 0.6 is 0 Å². The number of hydrogen-bond donors (Lipinski definition) is 2. The summed E-state index contributed by atoms with van der Waals surface area (Å²) in [6.45, 7) is 0. The third-order valence-electron chi connectivity index (χ3n) is 3.19. The molecular formula is C13H18N2O2. The van der Waals surface area contributed by atoms with Gasteiger partial charge in [0, 0.05) is 12.2 Å². The van der Waals surface area contributed by atoms with Gasteiger partial charge in [0.25, 0.3) is 5.91 Å². The normalized spacial score (nSPS) is 17.4. The monoisotopic (exact) mass is 234 g/mol. The molecule has 4 nitrogen and oxygen atoms in total. The largest absolute Gasteiger partial charge is 0.505 e. The highest BCUT2D eigenvalue weighted by molar-refractivity contribution is 5.94. The summed E-state index contributed by atoms with van der Waals surface area (Å²) in [5.74, 6) is -0.325. The molecule has 0 spiro atoms. The Labute approximate surface area is 101 Å². The lowest BCUT2D eigenvalue weighted by Gasteiger charge is -2.15. The maximum absolute atomic E-state index is 11.9. The topological polar surface area (TPSA) is 62.2 Å². The fraction of sp³-hybridized carbons (Fsp3) is 0.538. The fourth-order valence-electron chi connectivity index (χ4n) is 2.25. The van der Waals surface area contributed by atoms with E-state index in [-0.39, 0.29) is 23.4 Å². The van der Waals surface area contributed by atoms with Gasteiger partial charge in [0.1, 0.15) is 5.75 Å². The van der Waals surface area contributed by atoms with Gasteiger partial charge in [-0.3, -0.25) is 4.79 Å². The van der Waals surface area contributed by atoms with Crippen LogP contribution in [0.5, 0.6) is 5.75 Å². The molecule has 1 saturated carbocycles. The number of nitrogens with zero attached hydrogens (tertiary/aromatic N) is 1. The Bertz CT molecular complexity index is 385. The predicted molar refractivity (Wildman–Crippen MR) is 64.9 cm³/mol. The van der Waals surface area contributed by atoms with E-state index in [2.05, 4.69) is 10.3 Å². The van der Waals surface area contributed by atoms with E-state index >= 15 is 0 Å². The molecule has 2 rings (SSSR count). The third-order valence-corrected chi connectivity index (χ3v) is 3.19. The van der Waals surface area contributed by atoms with Gasteiger partial charge in [-0.25, -0.2) is 4.98 Å². The first-order valence-electron chi connectivity index (χ1n) is 6.22. The molecule has 1 aromatic rings. The van der Waals surface area contributed by atoms with Crippen LogP contribution in [0.15, 0.2) is 18.3 Å². The highest BCUT2D eigenvalue weighted by atomic mass is 16.3. The second-order valence-corrected chi connectivity index (χ2v) is 4.53. The molecule has 4 heteroatoms. The van der Waals surface area contributed by atoms with E-state index in [9.17, 15) is 9.90 Å². The summed E-state index contributed by atoms with van der Waals surface area (Å²) in [6, 6.07) is 3.32. The van der Waals surface area contributed by atoms with Gasteiger partial charge >= 0.3 is 0 Å². The molecule has 1 aliphatic rings. The number of carbonyl (C=O) groups is 1. The average molecular weight is 234 g/mol. The number of amides is 1. The van der Waals surface area contributed by atoms with Crippen LogP contribution in [-0.2, 0) is 0 Å². The Morgan fingerprint density at radius 2 is 2.00 bits per heavy atom. The third kappa shape index (κ3) is 3.19. The molecule has 1 aliphatic carbocycles. The lowest BCUT2D eigenvalue weighted by atomic mass is 10.1. The van der Waals surface area contributed by atoms with E-state index in [0.29, 0.717) is 0 Å². The van der Waals surface area contributed by atoms with Crippen LogP contribution in [0.25, 0.3) is 0 Å². The summed E-state index contributed by atoms with van der Waals surface area (Å²) in [7, 11) is 0. The Hall–Kier alpha value is -1.58. The van der Waals surface area contributed by atoms with Crippen molar-refractivity contribution in [3.8, 4) is 5.75 Å². The molecular weight excluding hydrogens is 216 g/mol. The van der Waals surface area contributed by atoms with Gasteiger partial charge in [-0.05, 0) is 25.0 Å². The first-order valence-corrected chi connectivity index (χ1v) is 6.22. The SMILES string of the molecule is O=C(NC1CCCCCC1)c1ncccc1O. The van der Waals surface area contributed by atoms with Crippen LogP contribution in [0.1, 0.15) is 49.0 Å². The van der Waals surface area contributed by atoms with Crippen molar-refractivity contribution in [3.63, 3.8) is 0 Å². The molecule has 0 atom stereocenters. The van der Waals surface area contributed by atoms with Crippen LogP contribution < -0.4 is 5.32 Å². The number of aromatic hydroxyl groups is 1. The summed E-state index contributed by atoms with van der Waals surface area (Å²) >= 11 is 0. The van der Waals surface area contributed by atoms with Crippen molar-refractivity contribution in [2.75, 3.05) is 0 Å². The standard InChI is InChI=1S/C13H18N2O2/c16-11-8-5-9-14-12(11)13(17)15-10-6-3-1-2-4-7-10/h5,8-10,16H,1-4,6-7H2,(H,15,17). The lowest BCUT2D eigenvalue weighted by Crippen LogP contribution is -2.34.